The van der Waals surface area contributed by atoms with Crippen molar-refractivity contribution < 1.29 is 9.84 Å². The molecule has 0 spiro atoms. The normalized spacial score (nSPS) is 11.9. The molecule has 238 valence electrons. The van der Waals surface area contributed by atoms with Crippen LogP contribution in [0.1, 0.15) is 5.56 Å². The van der Waals surface area contributed by atoms with Gasteiger partial charge in [-0.3, -0.25) is 0 Å². The minimum atomic E-state index is -0.0334. The SMILES string of the molecule is OCc1ccc(Oc2cc3c4cc5nc(cc6[nH]c(cc7nc(cc([nH]4)c3cc2Cl)-c2ccccc2-7)c2ccccc62)-c2ccccc2-5)cc1. The average Bonchev–Trinajstić information content (AvgIpc) is 3.88. The van der Waals surface area contributed by atoms with Gasteiger partial charge in [-0.1, -0.05) is 96.5 Å². The van der Waals surface area contributed by atoms with Gasteiger partial charge >= 0.3 is 0 Å². The average molecular weight is 667 g/mol. The summed E-state index contributed by atoms with van der Waals surface area (Å²) in [6.45, 7) is -0.0334. The quantitative estimate of drug-likeness (QED) is 0.175. The lowest BCUT2D eigenvalue weighted by Crippen LogP contribution is -1.87. The van der Waals surface area contributed by atoms with Crippen molar-refractivity contribution in [3.63, 3.8) is 0 Å². The number of benzene rings is 5. The molecule has 8 bridgehead atoms. The van der Waals surface area contributed by atoms with Crippen LogP contribution in [0.25, 0.3) is 88.6 Å². The molecule has 0 saturated heterocycles. The highest BCUT2D eigenvalue weighted by atomic mass is 35.5. The molecule has 3 aromatic heterocycles. The zero-order valence-corrected chi connectivity index (χ0v) is 27.3. The fraction of sp³-hybridized carbons (Fsp3) is 0.0233. The van der Waals surface area contributed by atoms with Crippen molar-refractivity contribution in [2.45, 2.75) is 6.61 Å². The Bertz CT molecular complexity index is 2850. The van der Waals surface area contributed by atoms with Gasteiger partial charge in [0.05, 0.1) is 34.4 Å². The first-order chi connectivity index (χ1) is 24.6. The molecule has 2 aliphatic rings. The summed E-state index contributed by atoms with van der Waals surface area (Å²) in [5.41, 5.74) is 12.3. The molecule has 7 heteroatoms. The Morgan fingerprint density at radius 2 is 0.920 bits per heavy atom. The van der Waals surface area contributed by atoms with Gasteiger partial charge in [0.1, 0.15) is 11.5 Å². The summed E-state index contributed by atoms with van der Waals surface area (Å²) >= 11 is 6.93. The number of aliphatic hydroxyl groups excluding tert-OH is 1. The number of aromatic nitrogens is 4. The molecule has 2 aliphatic heterocycles. The number of fused-ring (bicyclic) bond motifs is 20. The van der Waals surface area contributed by atoms with Gasteiger partial charge in [-0.2, -0.15) is 0 Å². The van der Waals surface area contributed by atoms with E-state index in [2.05, 4.69) is 94.9 Å². The van der Waals surface area contributed by atoms with E-state index in [4.69, 9.17) is 26.3 Å². The molecular formula is C43H27ClN4O2. The number of nitrogens with zero attached hydrogens (tertiary/aromatic N) is 2. The molecule has 50 heavy (non-hydrogen) atoms. The molecule has 10 rings (SSSR count). The van der Waals surface area contributed by atoms with Crippen LogP contribution in [-0.2, 0) is 6.61 Å². The number of rotatable bonds is 3. The lowest BCUT2D eigenvalue weighted by Gasteiger charge is -2.09. The van der Waals surface area contributed by atoms with Crippen LogP contribution in [0.2, 0.25) is 5.02 Å². The zero-order chi connectivity index (χ0) is 33.3. The number of H-pyrrole nitrogens is 2. The van der Waals surface area contributed by atoms with Crippen LogP contribution in [0, 0.1) is 0 Å². The highest BCUT2D eigenvalue weighted by Gasteiger charge is 2.20. The van der Waals surface area contributed by atoms with Crippen LogP contribution in [0.15, 0.2) is 133 Å². The van der Waals surface area contributed by atoms with Crippen molar-refractivity contribution in [3.05, 3.63) is 144 Å². The molecule has 0 amide bonds. The van der Waals surface area contributed by atoms with Crippen LogP contribution in [-0.4, -0.2) is 25.0 Å². The topological polar surface area (TPSA) is 86.8 Å². The molecule has 0 atom stereocenters. The third-order valence-electron chi connectivity index (χ3n) is 9.60. The van der Waals surface area contributed by atoms with Gasteiger partial charge in [0.2, 0.25) is 0 Å². The Kier molecular flexibility index (Phi) is 6.43. The monoisotopic (exact) mass is 666 g/mol. The number of hydrogen-bond acceptors (Lipinski definition) is 4. The molecule has 6 nitrogen and oxygen atoms in total. The molecule has 0 fully saturated rings. The van der Waals surface area contributed by atoms with E-state index >= 15 is 0 Å². The van der Waals surface area contributed by atoms with E-state index in [1.165, 1.54) is 0 Å². The summed E-state index contributed by atoms with van der Waals surface area (Å²) in [5, 5.41) is 14.1. The van der Waals surface area contributed by atoms with Crippen LogP contribution in [0.3, 0.4) is 0 Å². The standard InChI is InChI=1S/C43H27ClN4O2/c44-34-17-32-33(18-43(34)50-25-15-13-24(23-49)14-16-25)42-22-40-31-12-6-4-10-29(31)38(47-40)20-36-27-8-2-1-7-26(27)35(45-36)19-37-28-9-3-5-11-30(28)39(46-37)21-41(32)48-42/h1-22,45,48-49H,23H2. The van der Waals surface area contributed by atoms with Crippen molar-refractivity contribution in [2.75, 3.05) is 0 Å². The van der Waals surface area contributed by atoms with E-state index in [1.54, 1.807) is 0 Å². The van der Waals surface area contributed by atoms with E-state index in [0.717, 1.165) is 94.2 Å². The molecular weight excluding hydrogens is 640 g/mol. The predicted molar refractivity (Wildman–Crippen MR) is 202 cm³/mol. The fourth-order valence-electron chi connectivity index (χ4n) is 7.18. The molecule has 5 aromatic carbocycles. The van der Waals surface area contributed by atoms with Gasteiger partial charge < -0.3 is 19.8 Å². The second-order valence-corrected chi connectivity index (χ2v) is 13.0. The number of nitrogens with one attached hydrogen (secondary N) is 2. The van der Waals surface area contributed by atoms with Gasteiger partial charge in [-0.25, -0.2) is 9.97 Å². The minimum absolute atomic E-state index is 0.0334. The Balaban J connectivity index is 1.32. The molecule has 0 unspecified atom stereocenters. The molecule has 8 aromatic rings. The first-order valence-electron chi connectivity index (χ1n) is 16.4. The third-order valence-corrected chi connectivity index (χ3v) is 9.89. The lowest BCUT2D eigenvalue weighted by atomic mass is 10.0. The Morgan fingerprint density at radius 1 is 0.500 bits per heavy atom. The summed E-state index contributed by atoms with van der Waals surface area (Å²) in [5.74, 6) is 1.15. The van der Waals surface area contributed by atoms with E-state index < -0.39 is 0 Å². The maximum atomic E-state index is 9.49. The number of halogens is 1. The first-order valence-corrected chi connectivity index (χ1v) is 16.8. The largest absolute Gasteiger partial charge is 0.456 e. The van der Waals surface area contributed by atoms with E-state index in [0.29, 0.717) is 16.5 Å². The molecule has 0 saturated carbocycles. The maximum Gasteiger partial charge on any atom is 0.146 e. The van der Waals surface area contributed by atoms with E-state index in [9.17, 15) is 5.11 Å². The predicted octanol–water partition coefficient (Wildman–Crippen LogP) is 11.2. The Hall–Kier alpha value is -6.21. The van der Waals surface area contributed by atoms with Gasteiger partial charge in [0.15, 0.2) is 0 Å². The fourth-order valence-corrected chi connectivity index (χ4v) is 7.38. The van der Waals surface area contributed by atoms with Crippen LogP contribution in [0.4, 0.5) is 0 Å². The zero-order valence-electron chi connectivity index (χ0n) is 26.5. The minimum Gasteiger partial charge on any atom is -0.456 e. The van der Waals surface area contributed by atoms with Crippen molar-refractivity contribution in [1.82, 2.24) is 19.9 Å². The molecule has 0 aliphatic carbocycles. The second-order valence-electron chi connectivity index (χ2n) is 12.6. The number of hydrogen-bond donors (Lipinski definition) is 3. The summed E-state index contributed by atoms with van der Waals surface area (Å²) in [7, 11) is 0. The summed E-state index contributed by atoms with van der Waals surface area (Å²) < 4.78 is 6.29. The van der Waals surface area contributed by atoms with Gasteiger partial charge in [0.25, 0.3) is 0 Å². The number of ether oxygens (including phenoxy) is 1. The highest BCUT2D eigenvalue weighted by molar-refractivity contribution is 6.33. The van der Waals surface area contributed by atoms with Crippen molar-refractivity contribution in [1.29, 1.82) is 0 Å². The van der Waals surface area contributed by atoms with Crippen LogP contribution >= 0.6 is 11.6 Å². The lowest BCUT2D eigenvalue weighted by molar-refractivity contribution is 0.281. The van der Waals surface area contributed by atoms with Crippen LogP contribution in [0.5, 0.6) is 11.5 Å². The first kappa shape index (κ1) is 28.8. The van der Waals surface area contributed by atoms with Crippen LogP contribution < -0.4 is 4.74 Å². The van der Waals surface area contributed by atoms with Crippen molar-refractivity contribution in [3.8, 4) is 56.5 Å². The molecule has 0 radical (unpaired) electrons. The van der Waals surface area contributed by atoms with Gasteiger partial charge in [-0.15, -0.1) is 0 Å². The van der Waals surface area contributed by atoms with E-state index in [1.807, 2.05) is 48.5 Å². The summed E-state index contributed by atoms with van der Waals surface area (Å²) in [6.07, 6.45) is 0. The maximum absolute atomic E-state index is 9.49. The Morgan fingerprint density at radius 3 is 1.38 bits per heavy atom. The second kappa shape index (κ2) is 11.2. The van der Waals surface area contributed by atoms with Crippen molar-refractivity contribution >= 4 is 55.2 Å². The Labute approximate surface area is 291 Å². The number of aromatic amines is 2. The van der Waals surface area contributed by atoms with Crippen molar-refractivity contribution in [2.24, 2.45) is 0 Å². The van der Waals surface area contributed by atoms with Gasteiger partial charge in [-0.05, 0) is 54.1 Å². The van der Waals surface area contributed by atoms with E-state index in [-0.39, 0.29) is 6.61 Å². The summed E-state index contributed by atoms with van der Waals surface area (Å²) in [4.78, 5) is 17.8. The molecule has 3 N–H and O–H groups in total. The molecule has 5 heterocycles. The smallest absolute Gasteiger partial charge is 0.146 e. The number of aliphatic hydroxyl groups is 1. The van der Waals surface area contributed by atoms with Gasteiger partial charge in [0, 0.05) is 65.9 Å². The highest BCUT2D eigenvalue weighted by Crippen LogP contribution is 2.42. The third kappa shape index (κ3) is 4.61. The summed E-state index contributed by atoms with van der Waals surface area (Å²) in [6, 6.07) is 44.9.